The topological polar surface area (TPSA) is 59.4 Å². The van der Waals surface area contributed by atoms with Crippen molar-refractivity contribution in [2.24, 2.45) is 0 Å². The van der Waals surface area contributed by atoms with Crippen LogP contribution in [0.4, 0.5) is 0 Å². The van der Waals surface area contributed by atoms with Crippen LogP contribution in [0.25, 0.3) is 6.08 Å². The van der Waals surface area contributed by atoms with Crippen molar-refractivity contribution in [3.05, 3.63) is 47.5 Å². The van der Waals surface area contributed by atoms with Crippen molar-refractivity contribution in [3.63, 3.8) is 0 Å². The zero-order valence-electron chi connectivity index (χ0n) is 10.6. The zero-order chi connectivity index (χ0) is 14.2. The van der Waals surface area contributed by atoms with Crippen molar-refractivity contribution in [1.82, 2.24) is 4.98 Å². The van der Waals surface area contributed by atoms with Gasteiger partial charge in [-0.2, -0.15) is 0 Å². The highest BCUT2D eigenvalue weighted by atomic mass is 32.2. The van der Waals surface area contributed by atoms with Gasteiger partial charge in [0.1, 0.15) is 10.1 Å². The number of benzene rings is 1. The highest BCUT2D eigenvalue weighted by Crippen LogP contribution is 2.20. The number of thiazole rings is 1. The summed E-state index contributed by atoms with van der Waals surface area (Å²) >= 11 is 3.27. The van der Waals surface area contributed by atoms with Crippen LogP contribution in [-0.2, 0) is 4.79 Å². The summed E-state index contributed by atoms with van der Waals surface area (Å²) in [7, 11) is 0. The third kappa shape index (κ3) is 5.07. The summed E-state index contributed by atoms with van der Waals surface area (Å²) in [6.45, 7) is 0.580. The van der Waals surface area contributed by atoms with E-state index in [1.807, 2.05) is 29.6 Å². The Hall–Kier alpha value is -1.79. The number of carboxylic acid groups (broad SMARTS) is 1. The van der Waals surface area contributed by atoms with E-state index < -0.39 is 5.97 Å². The predicted octanol–water partition coefficient (Wildman–Crippen LogP) is 3.41. The van der Waals surface area contributed by atoms with Crippen molar-refractivity contribution >= 4 is 35.1 Å². The van der Waals surface area contributed by atoms with Crippen LogP contribution < -0.4 is 4.74 Å². The van der Waals surface area contributed by atoms with E-state index in [1.165, 1.54) is 0 Å². The molecule has 2 aromatic rings. The third-order valence-corrected chi connectivity index (χ3v) is 4.19. The van der Waals surface area contributed by atoms with Gasteiger partial charge >= 0.3 is 5.97 Å². The molecule has 1 aromatic carbocycles. The maximum absolute atomic E-state index is 10.5. The maximum Gasteiger partial charge on any atom is 0.328 e. The standard InChI is InChI=1S/C14H13NO3S2/c16-13(17)5-4-11-2-1-3-12(10-11)18-7-9-20-14-15-6-8-19-14/h1-6,8,10H,7,9H2,(H,16,17). The van der Waals surface area contributed by atoms with E-state index >= 15 is 0 Å². The van der Waals surface area contributed by atoms with Crippen LogP contribution in [0.15, 0.2) is 46.3 Å². The molecule has 2 rings (SSSR count). The lowest BCUT2D eigenvalue weighted by atomic mass is 10.2. The quantitative estimate of drug-likeness (QED) is 0.482. The number of carboxylic acids is 1. The molecular formula is C14H13NO3S2. The van der Waals surface area contributed by atoms with Crippen molar-refractivity contribution < 1.29 is 14.6 Å². The minimum Gasteiger partial charge on any atom is -0.493 e. The Labute approximate surface area is 125 Å². The molecule has 0 spiro atoms. The zero-order valence-corrected chi connectivity index (χ0v) is 12.2. The Balaban J connectivity index is 1.80. The number of hydrogen-bond donors (Lipinski definition) is 1. The first-order valence-corrected chi connectivity index (χ1v) is 7.77. The fraction of sp³-hybridized carbons (Fsp3) is 0.143. The van der Waals surface area contributed by atoms with Crippen LogP contribution in [0.5, 0.6) is 5.75 Å². The van der Waals surface area contributed by atoms with Gasteiger partial charge in [0.15, 0.2) is 0 Å². The van der Waals surface area contributed by atoms with Crippen molar-refractivity contribution in [2.75, 3.05) is 12.4 Å². The molecule has 0 saturated carbocycles. The van der Waals surface area contributed by atoms with E-state index in [-0.39, 0.29) is 0 Å². The SMILES string of the molecule is O=C(O)C=Cc1cccc(OCCSc2nccs2)c1. The number of aromatic nitrogens is 1. The number of rotatable bonds is 7. The molecule has 4 nitrogen and oxygen atoms in total. The molecule has 0 aliphatic carbocycles. The molecule has 0 bridgehead atoms. The molecule has 0 aliphatic rings. The molecule has 1 aromatic heterocycles. The van der Waals surface area contributed by atoms with Gasteiger partial charge in [0.25, 0.3) is 0 Å². The number of thioether (sulfide) groups is 1. The molecular weight excluding hydrogens is 294 g/mol. The van der Waals surface area contributed by atoms with E-state index in [9.17, 15) is 4.79 Å². The summed E-state index contributed by atoms with van der Waals surface area (Å²) in [5.74, 6) is 0.594. The Bertz CT molecular complexity index is 582. The van der Waals surface area contributed by atoms with E-state index in [0.717, 1.165) is 27.5 Å². The lowest BCUT2D eigenvalue weighted by Crippen LogP contribution is -2.00. The molecule has 104 valence electrons. The van der Waals surface area contributed by atoms with Crippen molar-refractivity contribution in [2.45, 2.75) is 4.34 Å². The summed E-state index contributed by atoms with van der Waals surface area (Å²) in [5.41, 5.74) is 0.803. The number of aliphatic carboxylic acids is 1. The van der Waals surface area contributed by atoms with Crippen LogP contribution in [0, 0.1) is 0 Å². The second-order valence-electron chi connectivity index (χ2n) is 3.74. The third-order valence-electron chi connectivity index (χ3n) is 2.26. The second-order valence-corrected chi connectivity index (χ2v) is 5.98. The van der Waals surface area contributed by atoms with Crippen molar-refractivity contribution in [1.29, 1.82) is 0 Å². The van der Waals surface area contributed by atoms with Gasteiger partial charge in [-0.1, -0.05) is 23.9 Å². The van der Waals surface area contributed by atoms with Gasteiger partial charge in [-0.05, 0) is 23.8 Å². The molecule has 0 unspecified atom stereocenters. The lowest BCUT2D eigenvalue weighted by molar-refractivity contribution is -0.131. The Morgan fingerprint density at radius 3 is 3.15 bits per heavy atom. The summed E-state index contributed by atoms with van der Waals surface area (Å²) in [5, 5.41) is 10.5. The van der Waals surface area contributed by atoms with E-state index in [4.69, 9.17) is 9.84 Å². The Morgan fingerprint density at radius 2 is 2.40 bits per heavy atom. The van der Waals surface area contributed by atoms with Crippen molar-refractivity contribution in [3.8, 4) is 5.75 Å². The summed E-state index contributed by atoms with van der Waals surface area (Å²) in [6, 6.07) is 7.33. The van der Waals surface area contributed by atoms with Gasteiger partial charge in [-0.15, -0.1) is 11.3 Å². The molecule has 6 heteroatoms. The van der Waals surface area contributed by atoms with Gasteiger partial charge < -0.3 is 9.84 Å². The van der Waals surface area contributed by atoms with Crippen LogP contribution in [-0.4, -0.2) is 28.4 Å². The van der Waals surface area contributed by atoms with Gasteiger partial charge in [0, 0.05) is 23.4 Å². The minimum absolute atomic E-state index is 0.580. The highest BCUT2D eigenvalue weighted by molar-refractivity contribution is 8.01. The summed E-state index contributed by atoms with van der Waals surface area (Å²) < 4.78 is 6.66. The molecule has 0 atom stereocenters. The molecule has 0 radical (unpaired) electrons. The molecule has 0 amide bonds. The number of carbonyl (C=O) groups is 1. The van der Waals surface area contributed by atoms with E-state index in [1.54, 1.807) is 35.4 Å². The number of hydrogen-bond acceptors (Lipinski definition) is 5. The monoisotopic (exact) mass is 307 g/mol. The number of ether oxygens (including phenoxy) is 1. The molecule has 0 fully saturated rings. The van der Waals surface area contributed by atoms with Gasteiger partial charge in [-0.3, -0.25) is 0 Å². The minimum atomic E-state index is -0.962. The fourth-order valence-corrected chi connectivity index (χ4v) is 2.97. The molecule has 20 heavy (non-hydrogen) atoms. The number of nitrogens with zero attached hydrogens (tertiary/aromatic N) is 1. The average Bonchev–Trinajstić information content (AvgIpc) is 2.95. The van der Waals surface area contributed by atoms with Gasteiger partial charge in [0.05, 0.1) is 6.61 Å². The van der Waals surface area contributed by atoms with Gasteiger partial charge in [-0.25, -0.2) is 9.78 Å². The normalized spacial score (nSPS) is 10.8. The van der Waals surface area contributed by atoms with E-state index in [0.29, 0.717) is 6.61 Å². The first-order valence-electron chi connectivity index (χ1n) is 5.90. The fourth-order valence-electron chi connectivity index (χ4n) is 1.45. The highest BCUT2D eigenvalue weighted by Gasteiger charge is 1.98. The van der Waals surface area contributed by atoms with Crippen LogP contribution in [0.3, 0.4) is 0 Å². The lowest BCUT2D eigenvalue weighted by Gasteiger charge is -2.05. The largest absolute Gasteiger partial charge is 0.493 e. The first-order chi connectivity index (χ1) is 9.74. The second kappa shape index (κ2) is 7.72. The van der Waals surface area contributed by atoms with Crippen LogP contribution in [0.1, 0.15) is 5.56 Å². The van der Waals surface area contributed by atoms with Gasteiger partial charge in [0.2, 0.25) is 0 Å². The smallest absolute Gasteiger partial charge is 0.328 e. The first kappa shape index (κ1) is 14.6. The van der Waals surface area contributed by atoms with E-state index in [2.05, 4.69) is 4.98 Å². The van der Waals surface area contributed by atoms with Crippen LogP contribution in [0.2, 0.25) is 0 Å². The summed E-state index contributed by atoms with van der Waals surface area (Å²) in [4.78, 5) is 14.6. The Morgan fingerprint density at radius 1 is 1.50 bits per heavy atom. The summed E-state index contributed by atoms with van der Waals surface area (Å²) in [6.07, 6.45) is 4.43. The molecule has 1 N–H and O–H groups in total. The molecule has 0 saturated heterocycles. The maximum atomic E-state index is 10.5. The van der Waals surface area contributed by atoms with Crippen LogP contribution >= 0.6 is 23.1 Å². The predicted molar refractivity (Wildman–Crippen MR) is 81.4 cm³/mol. The molecule has 0 aliphatic heterocycles. The average molecular weight is 307 g/mol. The Kier molecular flexibility index (Phi) is 5.64. The molecule has 1 heterocycles.